The molecule has 1 fully saturated rings. The van der Waals surface area contributed by atoms with Gasteiger partial charge in [0, 0.05) is 42.5 Å². The molecule has 2 heterocycles. The molecule has 0 bridgehead atoms. The molecule has 4 rings (SSSR count). The van der Waals surface area contributed by atoms with Crippen LogP contribution in [0.4, 0.5) is 13.2 Å². The molecule has 1 amide bonds. The third-order valence-electron chi connectivity index (χ3n) is 7.22. The molecule has 2 aromatic rings. The summed E-state index contributed by atoms with van der Waals surface area (Å²) in [4.78, 5) is 15.0. The van der Waals surface area contributed by atoms with Gasteiger partial charge in [0.15, 0.2) is 0 Å². The lowest BCUT2D eigenvalue weighted by molar-refractivity contribution is -0.143. The number of alkyl halides is 3. The largest absolute Gasteiger partial charge is 0.431 e. The number of carbonyl (C=O) groups excluding carboxylic acids is 1. The molecule has 1 aromatic carbocycles. The fourth-order valence-corrected chi connectivity index (χ4v) is 5.65. The van der Waals surface area contributed by atoms with E-state index in [0.717, 1.165) is 23.8 Å². The molecular weight excluding hydrogens is 391 g/mol. The van der Waals surface area contributed by atoms with Crippen molar-refractivity contribution < 1.29 is 18.0 Å². The van der Waals surface area contributed by atoms with Gasteiger partial charge in [-0.05, 0) is 49.9 Å². The van der Waals surface area contributed by atoms with Gasteiger partial charge in [0.1, 0.15) is 5.69 Å². The molecule has 1 saturated heterocycles. The van der Waals surface area contributed by atoms with E-state index in [-0.39, 0.29) is 29.8 Å². The number of fused-ring (bicyclic) bond motifs is 2. The van der Waals surface area contributed by atoms with Gasteiger partial charge in [0.25, 0.3) is 0 Å². The van der Waals surface area contributed by atoms with E-state index < -0.39 is 11.9 Å². The third kappa shape index (κ3) is 3.31. The van der Waals surface area contributed by atoms with Crippen molar-refractivity contribution in [2.45, 2.75) is 63.7 Å². The summed E-state index contributed by atoms with van der Waals surface area (Å²) in [6.45, 7) is 4.70. The molecule has 30 heavy (non-hydrogen) atoms. The molecule has 0 saturated carbocycles. The van der Waals surface area contributed by atoms with Crippen molar-refractivity contribution in [3.05, 3.63) is 35.0 Å². The Bertz CT molecular complexity index is 961. The number of aryl methyl sites for hydroxylation is 1. The van der Waals surface area contributed by atoms with Gasteiger partial charge in [-0.2, -0.15) is 13.2 Å². The van der Waals surface area contributed by atoms with E-state index in [2.05, 4.69) is 24.1 Å². The van der Waals surface area contributed by atoms with Gasteiger partial charge in [-0.3, -0.25) is 4.79 Å². The third-order valence-corrected chi connectivity index (χ3v) is 7.22. The van der Waals surface area contributed by atoms with Gasteiger partial charge in [-0.25, -0.2) is 0 Å². The summed E-state index contributed by atoms with van der Waals surface area (Å²) in [5.41, 5.74) is 1.45. The van der Waals surface area contributed by atoms with E-state index >= 15 is 0 Å². The van der Waals surface area contributed by atoms with Crippen LogP contribution in [0.2, 0.25) is 0 Å². The first-order valence-electron chi connectivity index (χ1n) is 10.8. The Morgan fingerprint density at radius 1 is 1.23 bits per heavy atom. The summed E-state index contributed by atoms with van der Waals surface area (Å²) >= 11 is 0. The molecule has 2 aliphatic rings. The lowest BCUT2D eigenvalue weighted by Crippen LogP contribution is -2.52. The summed E-state index contributed by atoms with van der Waals surface area (Å²) in [5, 5.41) is 3.90. The first kappa shape index (κ1) is 21.2. The second kappa shape index (κ2) is 7.59. The Hall–Kier alpha value is -2.02. The van der Waals surface area contributed by atoms with Crippen molar-refractivity contribution >= 4 is 16.8 Å². The van der Waals surface area contributed by atoms with Crippen molar-refractivity contribution in [2.75, 3.05) is 13.6 Å². The summed E-state index contributed by atoms with van der Waals surface area (Å²) in [6.07, 6.45) is -1.56. The average Bonchev–Trinajstić information content (AvgIpc) is 2.99. The number of amides is 1. The molecule has 1 N–H and O–H groups in total. The summed E-state index contributed by atoms with van der Waals surface area (Å²) < 4.78 is 42.9. The van der Waals surface area contributed by atoms with Crippen LogP contribution in [0, 0.1) is 5.92 Å². The Morgan fingerprint density at radius 2 is 1.93 bits per heavy atom. The van der Waals surface area contributed by atoms with E-state index in [1.54, 1.807) is 6.07 Å². The predicted octanol–water partition coefficient (Wildman–Crippen LogP) is 4.46. The number of benzene rings is 1. The number of hydrogen-bond acceptors (Lipinski definition) is 2. The van der Waals surface area contributed by atoms with Crippen molar-refractivity contribution in [3.8, 4) is 0 Å². The average molecular weight is 422 g/mol. The quantitative estimate of drug-likeness (QED) is 0.791. The van der Waals surface area contributed by atoms with Crippen LogP contribution in [0.15, 0.2) is 18.2 Å². The van der Waals surface area contributed by atoms with Crippen LogP contribution in [0.3, 0.4) is 0 Å². The maximum atomic E-state index is 13.9. The zero-order valence-electron chi connectivity index (χ0n) is 18.0. The lowest BCUT2D eigenvalue weighted by atomic mass is 9.72. The van der Waals surface area contributed by atoms with Crippen LogP contribution in [-0.4, -0.2) is 41.1 Å². The van der Waals surface area contributed by atoms with E-state index in [4.69, 9.17) is 0 Å². The second-order valence-corrected chi connectivity index (χ2v) is 8.90. The molecule has 3 atom stereocenters. The molecule has 1 aliphatic heterocycles. The number of hydrogen-bond donors (Lipinski definition) is 1. The first-order valence-corrected chi connectivity index (χ1v) is 10.8. The lowest BCUT2D eigenvalue weighted by Gasteiger charge is -2.45. The van der Waals surface area contributed by atoms with Crippen LogP contribution < -0.4 is 5.32 Å². The van der Waals surface area contributed by atoms with Crippen molar-refractivity contribution in [1.29, 1.82) is 0 Å². The highest BCUT2D eigenvalue weighted by molar-refractivity contribution is 5.91. The van der Waals surface area contributed by atoms with Gasteiger partial charge in [-0.1, -0.05) is 26.0 Å². The molecule has 0 spiro atoms. The monoisotopic (exact) mass is 421 g/mol. The minimum Gasteiger partial charge on any atom is -0.353 e. The molecule has 0 radical (unpaired) electrons. The smallest absolute Gasteiger partial charge is 0.353 e. The number of carbonyl (C=O) groups is 1. The standard InChI is InChI=1S/C23H30F3N3O/c1-5-14(6-2)27-22(30)13-10-16-15-8-7-9-18-20(15)17(11-19(16)28(3)12-13)21(29(18)4)23(24,25)26/h7-9,13-14,16,19H,5-6,10-12H2,1-4H3,(H,27,30)/t13-,16?,19-/m1/s1. The fraction of sp³-hybridized carbons (Fsp3) is 0.609. The van der Waals surface area contributed by atoms with Gasteiger partial charge in [-0.15, -0.1) is 0 Å². The minimum atomic E-state index is -4.39. The van der Waals surface area contributed by atoms with Crippen LogP contribution >= 0.6 is 0 Å². The van der Waals surface area contributed by atoms with Crippen LogP contribution in [0.25, 0.3) is 10.9 Å². The van der Waals surface area contributed by atoms with E-state index in [1.165, 1.54) is 11.6 Å². The number of nitrogens with one attached hydrogen (secondary N) is 1. The Balaban J connectivity index is 1.74. The van der Waals surface area contributed by atoms with Crippen molar-refractivity contribution in [2.24, 2.45) is 13.0 Å². The fourth-order valence-electron chi connectivity index (χ4n) is 5.65. The van der Waals surface area contributed by atoms with Crippen LogP contribution in [0.5, 0.6) is 0 Å². The first-order chi connectivity index (χ1) is 14.2. The summed E-state index contributed by atoms with van der Waals surface area (Å²) in [7, 11) is 3.44. The number of aromatic nitrogens is 1. The highest BCUT2D eigenvalue weighted by Crippen LogP contribution is 2.48. The van der Waals surface area contributed by atoms with E-state index in [1.807, 2.05) is 19.2 Å². The van der Waals surface area contributed by atoms with E-state index in [9.17, 15) is 18.0 Å². The molecule has 1 aromatic heterocycles. The normalized spacial score (nSPS) is 24.3. The summed E-state index contributed by atoms with van der Waals surface area (Å²) in [6, 6.07) is 5.71. The number of piperidine rings is 1. The second-order valence-electron chi connectivity index (χ2n) is 8.90. The SMILES string of the molecule is CCC(CC)NC(=O)[C@@H]1CC2c3cccc4c3c(c(C(F)(F)F)n4C)C[C@H]2N(C)C1. The van der Waals surface area contributed by atoms with Gasteiger partial charge < -0.3 is 14.8 Å². The molecule has 1 aliphatic carbocycles. The van der Waals surface area contributed by atoms with Crippen molar-refractivity contribution in [1.82, 2.24) is 14.8 Å². The van der Waals surface area contributed by atoms with Crippen LogP contribution in [-0.2, 0) is 24.4 Å². The number of nitrogens with zero attached hydrogens (tertiary/aromatic N) is 2. The topological polar surface area (TPSA) is 37.3 Å². The van der Waals surface area contributed by atoms with Gasteiger partial charge in [0.05, 0.1) is 5.92 Å². The predicted molar refractivity (Wildman–Crippen MR) is 111 cm³/mol. The number of likely N-dealkylation sites (N-methyl/N-ethyl adjacent to an activating group) is 1. The molecular formula is C23H30F3N3O. The highest BCUT2D eigenvalue weighted by atomic mass is 19.4. The number of likely N-dealkylation sites (tertiary alicyclic amines) is 1. The molecule has 164 valence electrons. The Morgan fingerprint density at radius 3 is 2.57 bits per heavy atom. The van der Waals surface area contributed by atoms with Crippen LogP contribution in [0.1, 0.15) is 55.8 Å². The highest BCUT2D eigenvalue weighted by Gasteiger charge is 2.46. The molecule has 4 nitrogen and oxygen atoms in total. The zero-order valence-corrected chi connectivity index (χ0v) is 18.0. The number of rotatable bonds is 4. The summed E-state index contributed by atoms with van der Waals surface area (Å²) in [5.74, 6) is -0.0312. The minimum absolute atomic E-state index is 0.0243. The number of halogens is 3. The zero-order chi connectivity index (χ0) is 21.8. The van der Waals surface area contributed by atoms with Gasteiger partial charge >= 0.3 is 6.18 Å². The van der Waals surface area contributed by atoms with Gasteiger partial charge in [0.2, 0.25) is 5.91 Å². The Labute approximate surface area is 175 Å². The Kier molecular flexibility index (Phi) is 5.37. The molecule has 7 heteroatoms. The maximum absolute atomic E-state index is 13.9. The maximum Gasteiger partial charge on any atom is 0.431 e. The van der Waals surface area contributed by atoms with Crippen molar-refractivity contribution in [3.63, 3.8) is 0 Å². The van der Waals surface area contributed by atoms with E-state index in [0.29, 0.717) is 30.5 Å². The molecule has 1 unspecified atom stereocenters.